The number of carbonyl (C=O) groups excluding carboxylic acids is 2. The third kappa shape index (κ3) is 5.59. The van der Waals surface area contributed by atoms with Gasteiger partial charge in [0, 0.05) is 19.6 Å². The molecule has 3 rings (SSSR count). The molecule has 1 aliphatic rings. The van der Waals surface area contributed by atoms with Gasteiger partial charge in [-0.15, -0.1) is 0 Å². The van der Waals surface area contributed by atoms with E-state index in [4.69, 9.17) is 0 Å². The molecule has 0 aromatic heterocycles. The predicted molar refractivity (Wildman–Crippen MR) is 111 cm³/mol. The zero-order chi connectivity index (χ0) is 19.8. The molecule has 5 nitrogen and oxygen atoms in total. The van der Waals surface area contributed by atoms with Crippen LogP contribution in [0.5, 0.6) is 0 Å². The molecule has 3 amide bonds. The first-order chi connectivity index (χ1) is 13.6. The van der Waals surface area contributed by atoms with Gasteiger partial charge in [-0.1, -0.05) is 60.7 Å². The van der Waals surface area contributed by atoms with Crippen molar-refractivity contribution in [1.29, 1.82) is 0 Å². The number of carbonyl (C=O) groups is 2. The molecule has 0 heterocycles. The van der Waals surface area contributed by atoms with Gasteiger partial charge in [0.15, 0.2) is 0 Å². The minimum absolute atomic E-state index is 0.0235. The van der Waals surface area contributed by atoms with Gasteiger partial charge in [0.25, 0.3) is 0 Å². The Balaban J connectivity index is 1.38. The second-order valence-corrected chi connectivity index (χ2v) is 7.44. The summed E-state index contributed by atoms with van der Waals surface area (Å²) in [7, 11) is 1.85. The van der Waals surface area contributed by atoms with Crippen molar-refractivity contribution < 1.29 is 9.59 Å². The number of urea groups is 1. The highest BCUT2D eigenvalue weighted by molar-refractivity contribution is 5.84. The van der Waals surface area contributed by atoms with Crippen molar-refractivity contribution in [3.8, 4) is 0 Å². The topological polar surface area (TPSA) is 61.4 Å². The molecule has 0 unspecified atom stereocenters. The van der Waals surface area contributed by atoms with Crippen molar-refractivity contribution in [3.05, 3.63) is 71.8 Å². The number of rotatable bonds is 6. The first-order valence-corrected chi connectivity index (χ1v) is 9.99. The van der Waals surface area contributed by atoms with Gasteiger partial charge in [0.05, 0.1) is 6.54 Å². The van der Waals surface area contributed by atoms with Crippen LogP contribution in [0.25, 0.3) is 0 Å². The SMILES string of the molecule is CN(C(=O)CNC(=O)NCc1ccccc1)C1CCC(c2ccccc2)CC1. The maximum absolute atomic E-state index is 12.5. The summed E-state index contributed by atoms with van der Waals surface area (Å²) in [6.45, 7) is 0.468. The van der Waals surface area contributed by atoms with E-state index in [0.717, 1.165) is 31.2 Å². The van der Waals surface area contributed by atoms with Crippen molar-refractivity contribution in [2.45, 2.75) is 44.2 Å². The van der Waals surface area contributed by atoms with Gasteiger partial charge in [-0.05, 0) is 42.7 Å². The lowest BCUT2D eigenvalue weighted by atomic mass is 9.81. The fourth-order valence-electron chi connectivity index (χ4n) is 3.85. The zero-order valence-corrected chi connectivity index (χ0v) is 16.4. The Labute approximate surface area is 167 Å². The van der Waals surface area contributed by atoms with Gasteiger partial charge in [-0.3, -0.25) is 4.79 Å². The zero-order valence-electron chi connectivity index (χ0n) is 16.4. The van der Waals surface area contributed by atoms with Gasteiger partial charge in [-0.2, -0.15) is 0 Å². The highest BCUT2D eigenvalue weighted by Crippen LogP contribution is 2.34. The summed E-state index contributed by atoms with van der Waals surface area (Å²) in [6.07, 6.45) is 4.19. The molecule has 1 aliphatic carbocycles. The number of nitrogens with zero attached hydrogens (tertiary/aromatic N) is 1. The molecule has 0 radical (unpaired) electrons. The molecule has 5 heteroatoms. The van der Waals surface area contributed by atoms with Gasteiger partial charge in [0.2, 0.25) is 5.91 Å². The van der Waals surface area contributed by atoms with Crippen molar-refractivity contribution >= 4 is 11.9 Å². The largest absolute Gasteiger partial charge is 0.341 e. The summed E-state index contributed by atoms with van der Waals surface area (Å²) < 4.78 is 0. The Morgan fingerprint density at radius 2 is 1.50 bits per heavy atom. The van der Waals surface area contributed by atoms with E-state index in [0.29, 0.717) is 12.5 Å². The van der Waals surface area contributed by atoms with Crippen LogP contribution >= 0.6 is 0 Å². The predicted octanol–water partition coefficient (Wildman–Crippen LogP) is 3.67. The number of nitrogens with one attached hydrogen (secondary N) is 2. The average Bonchev–Trinajstić information content (AvgIpc) is 2.77. The first kappa shape index (κ1) is 19.9. The maximum Gasteiger partial charge on any atom is 0.315 e. The van der Waals surface area contributed by atoms with E-state index in [1.807, 2.05) is 43.4 Å². The van der Waals surface area contributed by atoms with Crippen molar-refractivity contribution in [2.75, 3.05) is 13.6 Å². The van der Waals surface area contributed by atoms with Crippen molar-refractivity contribution in [1.82, 2.24) is 15.5 Å². The standard InChI is InChI=1S/C23H29N3O2/c1-26(21-14-12-20(13-15-21)19-10-6-3-7-11-19)22(27)17-25-23(28)24-16-18-8-4-2-5-9-18/h2-11,20-21H,12-17H2,1H3,(H2,24,25,28). The maximum atomic E-state index is 12.5. The molecule has 1 fully saturated rings. The van der Waals surface area contributed by atoms with E-state index in [1.165, 1.54) is 5.56 Å². The van der Waals surface area contributed by atoms with Crippen LogP contribution in [0, 0.1) is 0 Å². The molecule has 0 atom stereocenters. The molecule has 0 saturated heterocycles. The quantitative estimate of drug-likeness (QED) is 0.804. The van der Waals surface area contributed by atoms with Gasteiger partial charge < -0.3 is 15.5 Å². The highest BCUT2D eigenvalue weighted by Gasteiger charge is 2.27. The average molecular weight is 380 g/mol. The highest BCUT2D eigenvalue weighted by atomic mass is 16.2. The van der Waals surface area contributed by atoms with Crippen LogP contribution in [0.15, 0.2) is 60.7 Å². The Morgan fingerprint density at radius 3 is 2.14 bits per heavy atom. The summed E-state index contributed by atoms with van der Waals surface area (Å²) in [4.78, 5) is 26.2. The van der Waals surface area contributed by atoms with Crippen molar-refractivity contribution in [2.24, 2.45) is 0 Å². The van der Waals surface area contributed by atoms with E-state index in [9.17, 15) is 9.59 Å². The van der Waals surface area contributed by atoms with E-state index in [-0.39, 0.29) is 24.5 Å². The summed E-state index contributed by atoms with van der Waals surface area (Å²) >= 11 is 0. The summed E-state index contributed by atoms with van der Waals surface area (Å²) in [5.41, 5.74) is 2.42. The molecule has 2 aromatic rings. The smallest absolute Gasteiger partial charge is 0.315 e. The Bertz CT molecular complexity index is 756. The van der Waals surface area contributed by atoms with E-state index < -0.39 is 0 Å². The number of benzene rings is 2. The number of hydrogen-bond acceptors (Lipinski definition) is 2. The van der Waals surface area contributed by atoms with Crippen LogP contribution in [0.2, 0.25) is 0 Å². The Morgan fingerprint density at radius 1 is 0.893 bits per heavy atom. The van der Waals surface area contributed by atoms with Crippen LogP contribution < -0.4 is 10.6 Å². The fraction of sp³-hybridized carbons (Fsp3) is 0.391. The minimum atomic E-state index is -0.321. The second kappa shape index (κ2) is 9.93. The molecule has 0 bridgehead atoms. The Kier molecular flexibility index (Phi) is 7.06. The number of amides is 3. The molecule has 148 valence electrons. The minimum Gasteiger partial charge on any atom is -0.341 e. The van der Waals surface area contributed by atoms with Crippen LogP contribution in [0.4, 0.5) is 4.79 Å². The van der Waals surface area contributed by atoms with Crippen LogP contribution in [-0.4, -0.2) is 36.5 Å². The third-order valence-corrected chi connectivity index (χ3v) is 5.60. The van der Waals surface area contributed by atoms with Crippen LogP contribution in [0.3, 0.4) is 0 Å². The lowest BCUT2D eigenvalue weighted by molar-refractivity contribution is -0.131. The number of likely N-dealkylation sites (N-methyl/N-ethyl adjacent to an activating group) is 1. The summed E-state index contributed by atoms with van der Waals surface area (Å²) in [6, 6.07) is 20.2. The molecule has 0 aliphatic heterocycles. The Hall–Kier alpha value is -2.82. The lowest BCUT2D eigenvalue weighted by Gasteiger charge is -2.35. The fourth-order valence-corrected chi connectivity index (χ4v) is 3.85. The van der Waals surface area contributed by atoms with Crippen LogP contribution in [0.1, 0.15) is 42.7 Å². The molecule has 1 saturated carbocycles. The van der Waals surface area contributed by atoms with E-state index in [1.54, 1.807) is 4.90 Å². The third-order valence-electron chi connectivity index (χ3n) is 5.60. The van der Waals surface area contributed by atoms with Gasteiger partial charge in [0.1, 0.15) is 0 Å². The normalized spacial score (nSPS) is 18.9. The first-order valence-electron chi connectivity index (χ1n) is 9.99. The molecule has 28 heavy (non-hydrogen) atoms. The molecule has 2 N–H and O–H groups in total. The lowest BCUT2D eigenvalue weighted by Crippen LogP contribution is -2.46. The van der Waals surface area contributed by atoms with Gasteiger partial charge in [-0.25, -0.2) is 4.79 Å². The summed E-state index contributed by atoms with van der Waals surface area (Å²) in [5.74, 6) is 0.542. The van der Waals surface area contributed by atoms with E-state index >= 15 is 0 Å². The number of hydrogen-bond donors (Lipinski definition) is 2. The molecule has 2 aromatic carbocycles. The second-order valence-electron chi connectivity index (χ2n) is 7.44. The monoisotopic (exact) mass is 379 g/mol. The van der Waals surface area contributed by atoms with Crippen LogP contribution in [-0.2, 0) is 11.3 Å². The molecule has 0 spiro atoms. The molecular weight excluding hydrogens is 350 g/mol. The van der Waals surface area contributed by atoms with E-state index in [2.05, 4.69) is 34.9 Å². The summed E-state index contributed by atoms with van der Waals surface area (Å²) in [5, 5.41) is 5.44. The van der Waals surface area contributed by atoms with Crippen molar-refractivity contribution in [3.63, 3.8) is 0 Å². The van der Waals surface area contributed by atoms with Gasteiger partial charge >= 0.3 is 6.03 Å². The molecular formula is C23H29N3O2.